The average Bonchev–Trinajstić information content (AvgIpc) is 3.17. The molecule has 0 aromatic heterocycles. The van der Waals surface area contributed by atoms with E-state index < -0.39 is 0 Å². The fraction of sp³-hybridized carbons (Fsp3) is 0.632. The van der Waals surface area contributed by atoms with Crippen LogP contribution in [-0.4, -0.2) is 29.9 Å². The molecule has 0 unspecified atom stereocenters. The second-order valence-corrected chi connectivity index (χ2v) is 7.02. The summed E-state index contributed by atoms with van der Waals surface area (Å²) in [5.74, 6) is 1.47. The third kappa shape index (κ3) is 3.70. The van der Waals surface area contributed by atoms with Gasteiger partial charge in [-0.25, -0.2) is 0 Å². The van der Waals surface area contributed by atoms with Crippen LogP contribution in [0.25, 0.3) is 0 Å². The molecule has 120 valence electrons. The number of hydrogen-bond acceptors (Lipinski definition) is 2. The predicted molar refractivity (Wildman–Crippen MR) is 89.5 cm³/mol. The molecule has 1 aromatic carbocycles. The van der Waals surface area contributed by atoms with E-state index in [0.29, 0.717) is 24.8 Å². The van der Waals surface area contributed by atoms with Gasteiger partial charge in [-0.3, -0.25) is 4.79 Å². The number of rotatable bonds is 5. The molecule has 3 nitrogen and oxygen atoms in total. The zero-order chi connectivity index (χ0) is 15.4. The van der Waals surface area contributed by atoms with Crippen molar-refractivity contribution in [1.82, 2.24) is 4.90 Å². The van der Waals surface area contributed by atoms with Gasteiger partial charge in [0.15, 0.2) is 0 Å². The van der Waals surface area contributed by atoms with Crippen LogP contribution in [0, 0.1) is 5.92 Å². The first kappa shape index (κ1) is 15.5. The van der Waals surface area contributed by atoms with E-state index in [-0.39, 0.29) is 6.04 Å². The maximum Gasteiger partial charge on any atom is 0.222 e. The Morgan fingerprint density at radius 1 is 1.14 bits per heavy atom. The summed E-state index contributed by atoms with van der Waals surface area (Å²) in [6.07, 6.45) is 8.50. The van der Waals surface area contributed by atoms with E-state index in [0.717, 1.165) is 18.9 Å². The average molecular weight is 300 g/mol. The molecule has 2 N–H and O–H groups in total. The van der Waals surface area contributed by atoms with Crippen LogP contribution >= 0.6 is 0 Å². The topological polar surface area (TPSA) is 46.3 Å². The van der Waals surface area contributed by atoms with E-state index in [1.165, 1.54) is 37.7 Å². The second kappa shape index (κ2) is 7.28. The van der Waals surface area contributed by atoms with Crippen LogP contribution in [0.2, 0.25) is 0 Å². The molecule has 1 saturated carbocycles. The van der Waals surface area contributed by atoms with Crippen molar-refractivity contribution in [3.8, 4) is 0 Å². The number of hydrogen-bond donors (Lipinski definition) is 1. The molecule has 0 spiro atoms. The number of benzene rings is 1. The van der Waals surface area contributed by atoms with Crippen LogP contribution in [0.15, 0.2) is 30.3 Å². The quantitative estimate of drug-likeness (QED) is 0.907. The van der Waals surface area contributed by atoms with Crippen molar-refractivity contribution >= 4 is 5.91 Å². The van der Waals surface area contributed by atoms with Crippen molar-refractivity contribution < 1.29 is 4.79 Å². The minimum absolute atomic E-state index is 0.0705. The van der Waals surface area contributed by atoms with Gasteiger partial charge in [0.05, 0.1) is 0 Å². The van der Waals surface area contributed by atoms with E-state index in [1.54, 1.807) is 0 Å². The van der Waals surface area contributed by atoms with Crippen LogP contribution < -0.4 is 5.73 Å². The van der Waals surface area contributed by atoms with Crippen molar-refractivity contribution in [2.24, 2.45) is 11.7 Å². The number of nitrogens with zero attached hydrogens (tertiary/aromatic N) is 1. The molecule has 2 aliphatic rings. The Morgan fingerprint density at radius 3 is 2.59 bits per heavy atom. The molecule has 1 aromatic rings. The molecule has 2 fully saturated rings. The molecule has 2 atom stereocenters. The standard InChI is InChI=1S/C19H28N2O/c20-18-14-21(13-17(18)16-10-2-1-3-11-16)19(22)12-6-9-15-7-4-5-8-15/h1-3,10-11,15,17-18H,4-9,12-14,20H2/t17-,18+/m0/s1. The number of carbonyl (C=O) groups is 1. The van der Waals surface area contributed by atoms with Gasteiger partial charge < -0.3 is 10.6 Å². The molecular weight excluding hydrogens is 272 g/mol. The second-order valence-electron chi connectivity index (χ2n) is 7.02. The van der Waals surface area contributed by atoms with Crippen molar-refractivity contribution in [3.05, 3.63) is 35.9 Å². The first-order valence-electron chi connectivity index (χ1n) is 8.82. The van der Waals surface area contributed by atoms with Gasteiger partial charge >= 0.3 is 0 Å². The summed E-state index contributed by atoms with van der Waals surface area (Å²) in [4.78, 5) is 14.4. The largest absolute Gasteiger partial charge is 0.340 e. The molecule has 0 bridgehead atoms. The normalized spacial score (nSPS) is 25.8. The number of amides is 1. The molecular formula is C19H28N2O. The Balaban J connectivity index is 1.47. The molecule has 22 heavy (non-hydrogen) atoms. The maximum absolute atomic E-state index is 12.4. The molecule has 1 heterocycles. The van der Waals surface area contributed by atoms with Gasteiger partial charge in [0.2, 0.25) is 5.91 Å². The first-order valence-corrected chi connectivity index (χ1v) is 8.82. The fourth-order valence-corrected chi connectivity index (χ4v) is 4.08. The van der Waals surface area contributed by atoms with Gasteiger partial charge in [-0.05, 0) is 24.3 Å². The number of carbonyl (C=O) groups excluding carboxylic acids is 1. The third-order valence-corrected chi connectivity index (χ3v) is 5.42. The third-order valence-electron chi connectivity index (χ3n) is 5.42. The van der Waals surface area contributed by atoms with E-state index in [9.17, 15) is 4.79 Å². The van der Waals surface area contributed by atoms with Crippen molar-refractivity contribution in [2.45, 2.75) is 56.9 Å². The Labute approximate surface area is 133 Å². The van der Waals surface area contributed by atoms with Crippen molar-refractivity contribution in [1.29, 1.82) is 0 Å². The summed E-state index contributed by atoms with van der Waals surface area (Å²) < 4.78 is 0. The highest BCUT2D eigenvalue weighted by Gasteiger charge is 2.33. The molecule has 0 radical (unpaired) electrons. The monoisotopic (exact) mass is 300 g/mol. The fourth-order valence-electron chi connectivity index (χ4n) is 4.08. The Morgan fingerprint density at radius 2 is 1.86 bits per heavy atom. The molecule has 3 heteroatoms. The van der Waals surface area contributed by atoms with Crippen LogP contribution in [0.1, 0.15) is 56.4 Å². The lowest BCUT2D eigenvalue weighted by atomic mass is 9.95. The Hall–Kier alpha value is -1.35. The highest BCUT2D eigenvalue weighted by Crippen LogP contribution is 2.30. The summed E-state index contributed by atoms with van der Waals surface area (Å²) in [6.45, 7) is 1.50. The van der Waals surface area contributed by atoms with Gasteiger partial charge in [-0.15, -0.1) is 0 Å². The van der Waals surface area contributed by atoms with Gasteiger partial charge in [0.1, 0.15) is 0 Å². The predicted octanol–water partition coefficient (Wildman–Crippen LogP) is 3.30. The van der Waals surface area contributed by atoms with Crippen LogP contribution in [-0.2, 0) is 4.79 Å². The first-order chi connectivity index (χ1) is 10.7. The molecule has 3 rings (SSSR count). The summed E-state index contributed by atoms with van der Waals surface area (Å²) in [6, 6.07) is 10.4. The van der Waals surface area contributed by atoms with Crippen LogP contribution in [0.5, 0.6) is 0 Å². The zero-order valence-electron chi connectivity index (χ0n) is 13.4. The summed E-state index contributed by atoms with van der Waals surface area (Å²) in [7, 11) is 0. The van der Waals surface area contributed by atoms with Gasteiger partial charge in [-0.2, -0.15) is 0 Å². The van der Waals surface area contributed by atoms with E-state index in [2.05, 4.69) is 12.1 Å². The van der Waals surface area contributed by atoms with Gasteiger partial charge in [0, 0.05) is 31.5 Å². The summed E-state index contributed by atoms with van der Waals surface area (Å²) >= 11 is 0. The van der Waals surface area contributed by atoms with E-state index in [1.807, 2.05) is 23.1 Å². The summed E-state index contributed by atoms with van der Waals surface area (Å²) in [5.41, 5.74) is 7.53. The maximum atomic E-state index is 12.4. The van der Waals surface area contributed by atoms with Crippen LogP contribution in [0.4, 0.5) is 0 Å². The van der Waals surface area contributed by atoms with E-state index in [4.69, 9.17) is 5.73 Å². The lowest BCUT2D eigenvalue weighted by Crippen LogP contribution is -2.32. The number of nitrogens with two attached hydrogens (primary N) is 1. The summed E-state index contributed by atoms with van der Waals surface area (Å²) in [5, 5.41) is 0. The molecule has 1 aliphatic carbocycles. The highest BCUT2D eigenvalue weighted by molar-refractivity contribution is 5.76. The zero-order valence-corrected chi connectivity index (χ0v) is 13.4. The minimum atomic E-state index is 0.0705. The highest BCUT2D eigenvalue weighted by atomic mass is 16.2. The minimum Gasteiger partial charge on any atom is -0.340 e. The van der Waals surface area contributed by atoms with Gasteiger partial charge in [-0.1, -0.05) is 56.0 Å². The molecule has 1 amide bonds. The van der Waals surface area contributed by atoms with Gasteiger partial charge in [0.25, 0.3) is 0 Å². The SMILES string of the molecule is N[C@@H]1CN(C(=O)CCCC2CCCC2)C[C@H]1c1ccccc1. The number of likely N-dealkylation sites (tertiary alicyclic amines) is 1. The Bertz CT molecular complexity index is 481. The smallest absolute Gasteiger partial charge is 0.222 e. The Kier molecular flexibility index (Phi) is 5.14. The lowest BCUT2D eigenvalue weighted by molar-refractivity contribution is -0.130. The van der Waals surface area contributed by atoms with Crippen molar-refractivity contribution in [3.63, 3.8) is 0 Å². The van der Waals surface area contributed by atoms with Crippen molar-refractivity contribution in [2.75, 3.05) is 13.1 Å². The lowest BCUT2D eigenvalue weighted by Gasteiger charge is -2.17. The van der Waals surface area contributed by atoms with E-state index >= 15 is 0 Å². The molecule has 1 saturated heterocycles. The van der Waals surface area contributed by atoms with Crippen LogP contribution in [0.3, 0.4) is 0 Å². The molecule has 1 aliphatic heterocycles.